The minimum Gasteiger partial charge on any atom is -0.354 e. The highest BCUT2D eigenvalue weighted by Crippen LogP contribution is 2.27. The average molecular weight is 493 g/mol. The van der Waals surface area contributed by atoms with Crippen molar-refractivity contribution in [3.8, 4) is 11.1 Å². The molecule has 182 valence electrons. The molecule has 0 unspecified atom stereocenters. The monoisotopic (exact) mass is 492 g/mol. The lowest BCUT2D eigenvalue weighted by Gasteiger charge is -2.30. The van der Waals surface area contributed by atoms with Crippen LogP contribution in [0.2, 0.25) is 0 Å². The van der Waals surface area contributed by atoms with Gasteiger partial charge < -0.3 is 9.47 Å². The topological polar surface area (TPSA) is 59.2 Å². The maximum atomic E-state index is 14.0. The number of nitrogens with zero attached hydrogens (tertiary/aromatic N) is 6. The number of rotatable bonds is 7. The molecule has 7 nitrogen and oxygen atoms in total. The van der Waals surface area contributed by atoms with Crippen LogP contribution in [0.5, 0.6) is 0 Å². The lowest BCUT2D eigenvalue weighted by molar-refractivity contribution is 0.241. The van der Waals surface area contributed by atoms with E-state index in [9.17, 15) is 9.18 Å². The summed E-state index contributed by atoms with van der Waals surface area (Å²) in [5.74, 6) is -0.346. The summed E-state index contributed by atoms with van der Waals surface area (Å²) in [6, 6.07) is 10.2. The van der Waals surface area contributed by atoms with Crippen molar-refractivity contribution in [2.24, 2.45) is 0 Å². The van der Waals surface area contributed by atoms with Crippen molar-refractivity contribution < 1.29 is 4.39 Å². The molecule has 4 heterocycles. The van der Waals surface area contributed by atoms with Crippen LogP contribution in [0.4, 0.5) is 9.52 Å². The first-order valence-electron chi connectivity index (χ1n) is 11.7. The molecule has 0 atom stereocenters. The van der Waals surface area contributed by atoms with Gasteiger partial charge in [0, 0.05) is 75.2 Å². The summed E-state index contributed by atoms with van der Waals surface area (Å²) in [5.41, 5.74) is 4.19. The quantitative estimate of drug-likeness (QED) is 0.391. The number of thiazole rings is 1. The summed E-state index contributed by atoms with van der Waals surface area (Å²) in [4.78, 5) is 23.7. The Kier molecular flexibility index (Phi) is 6.53. The fourth-order valence-corrected chi connectivity index (χ4v) is 5.47. The van der Waals surface area contributed by atoms with Gasteiger partial charge in [-0.15, -0.1) is 11.3 Å². The molecule has 0 aliphatic carbocycles. The number of anilines is 1. The van der Waals surface area contributed by atoms with Crippen LogP contribution in [0, 0.1) is 12.7 Å². The van der Waals surface area contributed by atoms with Gasteiger partial charge in [-0.2, -0.15) is 5.10 Å². The Labute approximate surface area is 208 Å². The predicted octanol–water partition coefficient (Wildman–Crippen LogP) is 3.94. The standard InChI is InChI=1S/C26H29FN6OS/c1-18-7-10-32(29-18)11-12-33-24-8-9-31(17-22-15-28-26(35-22)30(2)3)16-20(24)14-23(25(33)34)19-5-4-6-21(27)13-19/h4-7,10,13-15H,8-9,11-12,16-17H2,1-3H3. The van der Waals surface area contributed by atoms with E-state index in [0.717, 1.165) is 48.1 Å². The minimum absolute atomic E-state index is 0.0789. The molecule has 3 aromatic heterocycles. The summed E-state index contributed by atoms with van der Waals surface area (Å²) in [6.07, 6.45) is 4.66. The molecule has 5 rings (SSSR count). The fraction of sp³-hybridized carbons (Fsp3) is 0.346. The van der Waals surface area contributed by atoms with Crippen molar-refractivity contribution in [3.63, 3.8) is 0 Å². The zero-order valence-electron chi connectivity index (χ0n) is 20.2. The molecule has 35 heavy (non-hydrogen) atoms. The summed E-state index contributed by atoms with van der Waals surface area (Å²) < 4.78 is 17.8. The highest BCUT2D eigenvalue weighted by Gasteiger charge is 2.23. The Balaban J connectivity index is 1.48. The molecule has 1 aliphatic rings. The van der Waals surface area contributed by atoms with Crippen LogP contribution in [0.25, 0.3) is 11.1 Å². The van der Waals surface area contributed by atoms with Crippen molar-refractivity contribution in [2.75, 3.05) is 25.5 Å². The van der Waals surface area contributed by atoms with Gasteiger partial charge in [-0.3, -0.25) is 14.4 Å². The number of fused-ring (bicyclic) bond motifs is 1. The Morgan fingerprint density at radius 2 is 2.03 bits per heavy atom. The number of halogens is 1. The molecule has 1 aromatic carbocycles. The van der Waals surface area contributed by atoms with E-state index in [1.807, 2.05) is 59.7 Å². The Hall–Kier alpha value is -3.30. The van der Waals surface area contributed by atoms with E-state index in [4.69, 9.17) is 0 Å². The van der Waals surface area contributed by atoms with E-state index < -0.39 is 0 Å². The zero-order chi connectivity index (χ0) is 24.5. The van der Waals surface area contributed by atoms with Crippen molar-refractivity contribution in [1.82, 2.24) is 24.2 Å². The van der Waals surface area contributed by atoms with Gasteiger partial charge in [0.15, 0.2) is 5.13 Å². The van der Waals surface area contributed by atoms with Crippen LogP contribution in [0.1, 0.15) is 21.8 Å². The summed E-state index contributed by atoms with van der Waals surface area (Å²) in [7, 11) is 4.00. The van der Waals surface area contributed by atoms with Gasteiger partial charge >= 0.3 is 0 Å². The van der Waals surface area contributed by atoms with Crippen LogP contribution in [0.3, 0.4) is 0 Å². The number of pyridine rings is 1. The molecule has 0 radical (unpaired) electrons. The number of hydrogen-bond donors (Lipinski definition) is 0. The van der Waals surface area contributed by atoms with Crippen LogP contribution in [-0.2, 0) is 32.6 Å². The van der Waals surface area contributed by atoms with Crippen LogP contribution in [0.15, 0.2) is 53.6 Å². The normalized spacial score (nSPS) is 13.7. The number of aromatic nitrogens is 4. The third kappa shape index (κ3) is 5.06. The number of benzene rings is 1. The van der Waals surface area contributed by atoms with Crippen molar-refractivity contribution in [3.05, 3.63) is 86.8 Å². The molecule has 0 saturated heterocycles. The second-order valence-corrected chi connectivity index (χ2v) is 10.3. The highest BCUT2D eigenvalue weighted by atomic mass is 32.1. The van der Waals surface area contributed by atoms with Crippen molar-refractivity contribution in [2.45, 2.75) is 39.5 Å². The fourth-order valence-electron chi connectivity index (χ4n) is 4.60. The minimum atomic E-state index is -0.346. The lowest BCUT2D eigenvalue weighted by atomic mass is 9.99. The zero-order valence-corrected chi connectivity index (χ0v) is 21.1. The first kappa shape index (κ1) is 23.4. The van der Waals surface area contributed by atoms with Crippen LogP contribution < -0.4 is 10.5 Å². The summed E-state index contributed by atoms with van der Waals surface area (Å²) in [5, 5.41) is 5.46. The van der Waals surface area contributed by atoms with E-state index in [-0.39, 0.29) is 11.4 Å². The van der Waals surface area contributed by atoms with Gasteiger partial charge in [0.2, 0.25) is 0 Å². The van der Waals surface area contributed by atoms with E-state index >= 15 is 0 Å². The van der Waals surface area contributed by atoms with Gasteiger partial charge in [0.1, 0.15) is 5.82 Å². The molecule has 0 fully saturated rings. The van der Waals surface area contributed by atoms with Crippen LogP contribution in [-0.4, -0.2) is 44.9 Å². The van der Waals surface area contributed by atoms with Crippen LogP contribution >= 0.6 is 11.3 Å². The van der Waals surface area contributed by atoms with Gasteiger partial charge in [-0.1, -0.05) is 12.1 Å². The number of hydrogen-bond acceptors (Lipinski definition) is 6. The lowest BCUT2D eigenvalue weighted by Crippen LogP contribution is -2.36. The Bertz CT molecular complexity index is 1410. The largest absolute Gasteiger partial charge is 0.354 e. The molecule has 0 N–H and O–H groups in total. The molecule has 0 saturated carbocycles. The van der Waals surface area contributed by atoms with E-state index in [0.29, 0.717) is 24.2 Å². The highest BCUT2D eigenvalue weighted by molar-refractivity contribution is 7.15. The van der Waals surface area contributed by atoms with Gasteiger partial charge in [0.25, 0.3) is 5.56 Å². The number of aryl methyl sites for hydroxylation is 2. The third-order valence-electron chi connectivity index (χ3n) is 6.32. The van der Waals surface area contributed by atoms with E-state index in [1.165, 1.54) is 17.0 Å². The Morgan fingerprint density at radius 3 is 2.74 bits per heavy atom. The van der Waals surface area contributed by atoms with E-state index in [2.05, 4.69) is 15.0 Å². The first-order chi connectivity index (χ1) is 16.9. The Morgan fingerprint density at radius 1 is 1.17 bits per heavy atom. The van der Waals surface area contributed by atoms with Gasteiger partial charge in [-0.05, 0) is 42.3 Å². The molecule has 1 aliphatic heterocycles. The molecule has 0 spiro atoms. The van der Waals surface area contributed by atoms with Gasteiger partial charge in [-0.25, -0.2) is 9.37 Å². The molecule has 4 aromatic rings. The van der Waals surface area contributed by atoms with E-state index in [1.54, 1.807) is 23.5 Å². The predicted molar refractivity (Wildman–Crippen MR) is 137 cm³/mol. The summed E-state index contributed by atoms with van der Waals surface area (Å²) in [6.45, 7) is 5.48. The maximum absolute atomic E-state index is 14.0. The average Bonchev–Trinajstić information content (AvgIpc) is 3.47. The molecule has 0 bridgehead atoms. The molecule has 9 heteroatoms. The molecular formula is C26H29FN6OS. The second-order valence-electron chi connectivity index (χ2n) is 9.18. The smallest absolute Gasteiger partial charge is 0.258 e. The SMILES string of the molecule is Cc1ccn(CCn2c3c(cc(-c4cccc(F)c4)c2=O)CN(Cc2cnc(N(C)C)s2)CC3)n1. The first-order valence-corrected chi connectivity index (χ1v) is 12.5. The van der Waals surface area contributed by atoms with Crippen molar-refractivity contribution >= 4 is 16.5 Å². The molecule has 0 amide bonds. The van der Waals surface area contributed by atoms with Gasteiger partial charge in [0.05, 0.1) is 12.2 Å². The third-order valence-corrected chi connectivity index (χ3v) is 7.46. The van der Waals surface area contributed by atoms with Crippen molar-refractivity contribution in [1.29, 1.82) is 0 Å². The maximum Gasteiger partial charge on any atom is 0.258 e. The second kappa shape index (κ2) is 9.75. The molecular weight excluding hydrogens is 463 g/mol. The summed E-state index contributed by atoms with van der Waals surface area (Å²) >= 11 is 1.70.